The van der Waals surface area contributed by atoms with Gasteiger partial charge in [0, 0.05) is 49.8 Å². The lowest BCUT2D eigenvalue weighted by Gasteiger charge is -2.68. The Labute approximate surface area is 185 Å². The van der Waals surface area contributed by atoms with Crippen LogP contribution in [0.2, 0.25) is 0 Å². The van der Waals surface area contributed by atoms with E-state index in [1.54, 1.807) is 12.0 Å². The Bertz CT molecular complexity index is 952. The summed E-state index contributed by atoms with van der Waals surface area (Å²) in [5.74, 6) is 0.753. The molecule has 1 N–H and O–H groups in total. The molecule has 6 atom stereocenters. The van der Waals surface area contributed by atoms with Crippen LogP contribution in [0.25, 0.3) is 0 Å². The van der Waals surface area contributed by atoms with Gasteiger partial charge in [-0.1, -0.05) is 13.0 Å². The largest absolute Gasteiger partial charge is 0.497 e. The topological polar surface area (TPSA) is 56.2 Å². The van der Waals surface area contributed by atoms with Crippen LogP contribution in [0.15, 0.2) is 18.2 Å². The molecule has 31 heavy (non-hydrogen) atoms. The van der Waals surface area contributed by atoms with Gasteiger partial charge in [0.2, 0.25) is 0 Å². The third-order valence-corrected chi connectivity index (χ3v) is 10.0. The van der Waals surface area contributed by atoms with Crippen LogP contribution in [-0.2, 0) is 10.2 Å². The first kappa shape index (κ1) is 19.9. The maximum atomic E-state index is 13.9. The minimum atomic E-state index is -1.37. The van der Waals surface area contributed by atoms with Gasteiger partial charge in [-0.05, 0) is 62.2 Å². The zero-order valence-electron chi connectivity index (χ0n) is 19.2. The van der Waals surface area contributed by atoms with E-state index in [0.717, 1.165) is 63.2 Å². The molecule has 1 amide bonds. The number of ether oxygens (including phenoxy) is 1. The first-order valence-corrected chi connectivity index (χ1v) is 12.0. The highest BCUT2D eigenvalue weighted by Gasteiger charge is 2.79. The van der Waals surface area contributed by atoms with Gasteiger partial charge in [0.25, 0.3) is 5.91 Å². The van der Waals surface area contributed by atoms with Gasteiger partial charge in [-0.25, -0.2) is 0 Å². The molecule has 3 saturated heterocycles. The molecule has 1 saturated carbocycles. The normalized spacial score (nSPS) is 43.4. The molecule has 6 heteroatoms. The van der Waals surface area contributed by atoms with Crippen LogP contribution in [0.3, 0.4) is 0 Å². The smallest absolute Gasteiger partial charge is 0.256 e. The average molecular weight is 426 g/mol. The third kappa shape index (κ3) is 2.01. The molecule has 4 heterocycles. The minimum Gasteiger partial charge on any atom is -0.497 e. The van der Waals surface area contributed by atoms with Crippen molar-refractivity contribution >= 4 is 11.6 Å². The van der Waals surface area contributed by atoms with Crippen LogP contribution in [0.1, 0.15) is 44.6 Å². The molecule has 1 spiro atoms. The average Bonchev–Trinajstić information content (AvgIpc) is 3.29. The van der Waals surface area contributed by atoms with Crippen LogP contribution in [0.4, 0.5) is 5.69 Å². The van der Waals surface area contributed by atoms with Crippen molar-refractivity contribution in [3.05, 3.63) is 23.8 Å². The van der Waals surface area contributed by atoms with E-state index in [0.29, 0.717) is 6.04 Å². The molecule has 1 aromatic carbocycles. The number of hydrogen-bond donors (Lipinski definition) is 1. The van der Waals surface area contributed by atoms with E-state index in [2.05, 4.69) is 42.0 Å². The second-order valence-corrected chi connectivity index (χ2v) is 10.7. The first-order valence-electron chi connectivity index (χ1n) is 12.0. The molecule has 0 radical (unpaired) electrons. The number of aliphatic hydroxyl groups is 1. The molecule has 4 fully saturated rings. The number of carbonyl (C=O) groups excluding carboxylic acids is 1. The molecule has 4 aliphatic heterocycles. The van der Waals surface area contributed by atoms with E-state index < -0.39 is 5.60 Å². The molecule has 0 bridgehead atoms. The van der Waals surface area contributed by atoms with E-state index in [4.69, 9.17) is 4.74 Å². The fourth-order valence-corrected chi connectivity index (χ4v) is 9.11. The number of nitrogens with zero attached hydrogens (tertiary/aromatic N) is 3. The molecule has 0 aromatic heterocycles. The summed E-state index contributed by atoms with van der Waals surface area (Å²) in [5, 5.41) is 12.6. The van der Waals surface area contributed by atoms with Crippen molar-refractivity contribution in [1.82, 2.24) is 9.80 Å². The summed E-state index contributed by atoms with van der Waals surface area (Å²) in [6.07, 6.45) is 5.17. The highest BCUT2D eigenvalue weighted by molar-refractivity contribution is 5.90. The summed E-state index contributed by atoms with van der Waals surface area (Å²) in [5.41, 5.74) is 0.803. The highest BCUT2D eigenvalue weighted by atomic mass is 16.5. The third-order valence-electron chi connectivity index (χ3n) is 10.0. The molecule has 1 aliphatic carbocycles. The summed E-state index contributed by atoms with van der Waals surface area (Å²) in [6.45, 7) is 5.22. The van der Waals surface area contributed by atoms with E-state index in [1.807, 2.05) is 7.05 Å². The zero-order valence-corrected chi connectivity index (χ0v) is 19.2. The van der Waals surface area contributed by atoms with Crippen molar-refractivity contribution in [2.45, 2.75) is 62.1 Å². The first-order chi connectivity index (χ1) is 14.9. The monoisotopic (exact) mass is 425 g/mol. The van der Waals surface area contributed by atoms with Gasteiger partial charge < -0.3 is 19.6 Å². The van der Waals surface area contributed by atoms with E-state index in [9.17, 15) is 9.90 Å². The van der Waals surface area contributed by atoms with Gasteiger partial charge >= 0.3 is 0 Å². The lowest BCUT2D eigenvalue weighted by atomic mass is 9.42. The fraction of sp³-hybridized carbons (Fsp3) is 0.720. The number of amides is 1. The van der Waals surface area contributed by atoms with Gasteiger partial charge in [-0.2, -0.15) is 0 Å². The van der Waals surface area contributed by atoms with Crippen LogP contribution < -0.4 is 9.64 Å². The van der Waals surface area contributed by atoms with Crippen molar-refractivity contribution in [2.24, 2.45) is 11.3 Å². The SMILES string of the molecule is CC[C@]12CCCN3CC[C@@]4(c5ccc(OC)cc5N(C)[C@H]4C4(O)C(=O)N(C)CCC41)C32. The number of likely N-dealkylation sites (tertiary alicyclic amines) is 1. The predicted octanol–water partition coefficient (Wildman–Crippen LogP) is 2.24. The summed E-state index contributed by atoms with van der Waals surface area (Å²) in [7, 11) is 5.64. The Morgan fingerprint density at radius 3 is 2.71 bits per heavy atom. The van der Waals surface area contributed by atoms with E-state index in [-0.39, 0.29) is 28.7 Å². The van der Waals surface area contributed by atoms with Crippen molar-refractivity contribution in [3.8, 4) is 5.75 Å². The van der Waals surface area contributed by atoms with Crippen LogP contribution in [-0.4, -0.2) is 79.3 Å². The van der Waals surface area contributed by atoms with Crippen LogP contribution in [0, 0.1) is 11.3 Å². The summed E-state index contributed by atoms with van der Waals surface area (Å²) < 4.78 is 5.56. The van der Waals surface area contributed by atoms with E-state index in [1.165, 1.54) is 5.56 Å². The number of likely N-dealkylation sites (N-methyl/N-ethyl adjacent to an activating group) is 2. The Kier molecular flexibility index (Phi) is 3.95. The number of piperidine rings is 2. The number of anilines is 1. The van der Waals surface area contributed by atoms with Crippen LogP contribution >= 0.6 is 0 Å². The number of hydrogen-bond acceptors (Lipinski definition) is 5. The lowest BCUT2D eigenvalue weighted by Crippen LogP contribution is -2.81. The van der Waals surface area contributed by atoms with E-state index >= 15 is 0 Å². The molecular weight excluding hydrogens is 390 g/mol. The second-order valence-electron chi connectivity index (χ2n) is 10.7. The standard InChI is InChI=1S/C25H35N3O3/c1-5-23-10-6-12-28-14-11-24(20(23)28)17-8-7-16(31-4)15-18(17)27(3)21(24)25(30)19(23)9-13-26(2)22(25)29/h7-8,15,19-21,30H,5-6,9-14H2,1-4H3/t19?,20?,21-,23+,24-,25?/m1/s1. The molecule has 168 valence electrons. The highest BCUT2D eigenvalue weighted by Crippen LogP contribution is 2.70. The van der Waals surface area contributed by atoms with Gasteiger partial charge in [0.1, 0.15) is 5.75 Å². The molecule has 3 unspecified atom stereocenters. The molecule has 5 aliphatic rings. The maximum absolute atomic E-state index is 13.9. The summed E-state index contributed by atoms with van der Waals surface area (Å²) in [4.78, 5) is 20.6. The number of fused-ring (bicyclic) bond motifs is 4. The Morgan fingerprint density at radius 2 is 1.97 bits per heavy atom. The fourth-order valence-electron chi connectivity index (χ4n) is 9.11. The number of carbonyl (C=O) groups is 1. The van der Waals surface area contributed by atoms with Gasteiger partial charge in [-0.3, -0.25) is 9.69 Å². The van der Waals surface area contributed by atoms with Gasteiger partial charge in [-0.15, -0.1) is 0 Å². The van der Waals surface area contributed by atoms with Crippen LogP contribution in [0.5, 0.6) is 5.75 Å². The van der Waals surface area contributed by atoms with Crippen molar-refractivity contribution in [1.29, 1.82) is 0 Å². The number of rotatable bonds is 2. The molecular formula is C25H35N3O3. The number of benzene rings is 1. The quantitative estimate of drug-likeness (QED) is 0.788. The second kappa shape index (κ2) is 6.16. The molecule has 6 nitrogen and oxygen atoms in total. The minimum absolute atomic E-state index is 0.00335. The zero-order chi connectivity index (χ0) is 21.8. The molecule has 6 rings (SSSR count). The Balaban J connectivity index is 1.67. The molecule has 1 aromatic rings. The lowest BCUT2D eigenvalue weighted by molar-refractivity contribution is -0.215. The Hall–Kier alpha value is -1.79. The Morgan fingerprint density at radius 1 is 1.16 bits per heavy atom. The summed E-state index contributed by atoms with van der Waals surface area (Å²) in [6, 6.07) is 6.53. The number of methoxy groups -OCH3 is 1. The summed E-state index contributed by atoms with van der Waals surface area (Å²) >= 11 is 0. The van der Waals surface area contributed by atoms with Crippen molar-refractivity contribution in [2.75, 3.05) is 45.7 Å². The maximum Gasteiger partial charge on any atom is 0.256 e. The van der Waals surface area contributed by atoms with Crippen molar-refractivity contribution in [3.63, 3.8) is 0 Å². The predicted molar refractivity (Wildman–Crippen MR) is 119 cm³/mol. The van der Waals surface area contributed by atoms with Gasteiger partial charge in [0.05, 0.1) is 13.2 Å². The van der Waals surface area contributed by atoms with Gasteiger partial charge in [0.15, 0.2) is 5.60 Å². The van der Waals surface area contributed by atoms with Crippen molar-refractivity contribution < 1.29 is 14.6 Å².